The molecule has 1 aromatic heterocycles. The molecule has 0 fully saturated rings. The molecule has 120 valence electrons. The number of nitrogens with one attached hydrogen (secondary N) is 1. The maximum absolute atomic E-state index is 12.0. The number of esters is 1. The lowest BCUT2D eigenvalue weighted by Gasteiger charge is -2.06. The molecule has 7 heteroatoms. The molecule has 1 amide bonds. The monoisotopic (exact) mass is 333 g/mol. The van der Waals surface area contributed by atoms with Crippen molar-refractivity contribution in [3.05, 3.63) is 52.7 Å². The number of halogens is 1. The van der Waals surface area contributed by atoms with E-state index < -0.39 is 5.97 Å². The molecule has 1 heterocycles. The lowest BCUT2D eigenvalue weighted by atomic mass is 10.2. The third kappa shape index (κ3) is 4.43. The summed E-state index contributed by atoms with van der Waals surface area (Å²) in [6, 6.07) is 7.10. The molecule has 0 aliphatic rings. The maximum Gasteiger partial charge on any atom is 0.343 e. The minimum Gasteiger partial charge on any atom is -0.462 e. The van der Waals surface area contributed by atoms with E-state index in [2.05, 4.69) is 10.4 Å². The highest BCUT2D eigenvalue weighted by Gasteiger charge is 2.18. The molecule has 0 atom stereocenters. The van der Waals surface area contributed by atoms with Gasteiger partial charge >= 0.3 is 5.97 Å². The second kappa shape index (κ2) is 7.60. The van der Waals surface area contributed by atoms with Gasteiger partial charge < -0.3 is 10.1 Å². The van der Waals surface area contributed by atoms with Crippen molar-refractivity contribution in [3.63, 3.8) is 0 Å². The first-order valence-corrected chi connectivity index (χ1v) is 7.32. The standard InChI is InChI=1S/C16H16ClN3O3/c1-3-23-16(22)13-10-18-20(2)15(13)19-14(21)8-7-11-5-4-6-12(17)9-11/h4-10H,3H2,1-2H3,(H,19,21)/b8-7+. The Morgan fingerprint density at radius 2 is 2.22 bits per heavy atom. The molecule has 2 rings (SSSR count). The zero-order valence-electron chi connectivity index (χ0n) is 12.7. The van der Waals surface area contributed by atoms with Crippen LogP contribution in [0, 0.1) is 0 Å². The van der Waals surface area contributed by atoms with Gasteiger partial charge in [-0.05, 0) is 30.7 Å². The molecule has 0 aliphatic heterocycles. The highest BCUT2D eigenvalue weighted by atomic mass is 35.5. The van der Waals surface area contributed by atoms with Crippen molar-refractivity contribution >= 4 is 35.4 Å². The van der Waals surface area contributed by atoms with Crippen molar-refractivity contribution in [1.29, 1.82) is 0 Å². The Labute approximate surface area is 138 Å². The van der Waals surface area contributed by atoms with Gasteiger partial charge in [0.15, 0.2) is 0 Å². The number of carbonyl (C=O) groups is 2. The van der Waals surface area contributed by atoms with Crippen LogP contribution in [0.4, 0.5) is 5.82 Å². The lowest BCUT2D eigenvalue weighted by Crippen LogP contribution is -2.15. The van der Waals surface area contributed by atoms with Gasteiger partial charge in [0.05, 0.1) is 12.8 Å². The smallest absolute Gasteiger partial charge is 0.343 e. The van der Waals surface area contributed by atoms with Gasteiger partial charge in [-0.3, -0.25) is 9.48 Å². The largest absolute Gasteiger partial charge is 0.462 e. The molecular weight excluding hydrogens is 318 g/mol. The molecule has 0 unspecified atom stereocenters. The van der Waals surface area contributed by atoms with E-state index in [-0.39, 0.29) is 23.9 Å². The fraction of sp³-hybridized carbons (Fsp3) is 0.188. The minimum atomic E-state index is -0.533. The van der Waals surface area contributed by atoms with Crippen LogP contribution in [0.5, 0.6) is 0 Å². The first-order valence-electron chi connectivity index (χ1n) is 6.95. The lowest BCUT2D eigenvalue weighted by molar-refractivity contribution is -0.111. The summed E-state index contributed by atoms with van der Waals surface area (Å²) in [4.78, 5) is 23.8. The molecule has 1 N–H and O–H groups in total. The van der Waals surface area contributed by atoms with Gasteiger partial charge in [-0.25, -0.2) is 4.79 Å². The van der Waals surface area contributed by atoms with E-state index in [0.29, 0.717) is 5.02 Å². The van der Waals surface area contributed by atoms with Gasteiger partial charge in [-0.1, -0.05) is 23.7 Å². The first-order chi connectivity index (χ1) is 11.0. The topological polar surface area (TPSA) is 73.2 Å². The molecule has 0 bridgehead atoms. The second-order valence-electron chi connectivity index (χ2n) is 4.63. The molecule has 0 saturated heterocycles. The van der Waals surface area contributed by atoms with E-state index in [4.69, 9.17) is 16.3 Å². The average Bonchev–Trinajstić information content (AvgIpc) is 2.87. The number of nitrogens with zero attached hydrogens (tertiary/aromatic N) is 2. The van der Waals surface area contributed by atoms with Gasteiger partial charge in [0.1, 0.15) is 11.4 Å². The number of benzene rings is 1. The van der Waals surface area contributed by atoms with Crippen molar-refractivity contribution in [2.24, 2.45) is 7.05 Å². The minimum absolute atomic E-state index is 0.207. The molecule has 6 nitrogen and oxygen atoms in total. The van der Waals surface area contributed by atoms with Gasteiger partial charge in [0.2, 0.25) is 5.91 Å². The third-order valence-electron chi connectivity index (χ3n) is 2.95. The molecule has 0 aliphatic carbocycles. The Morgan fingerprint density at radius 1 is 1.43 bits per heavy atom. The molecule has 0 spiro atoms. The van der Waals surface area contributed by atoms with E-state index >= 15 is 0 Å². The van der Waals surface area contributed by atoms with E-state index in [1.54, 1.807) is 38.2 Å². The van der Waals surface area contributed by atoms with Gasteiger partial charge in [-0.2, -0.15) is 5.10 Å². The van der Waals surface area contributed by atoms with Crippen molar-refractivity contribution in [3.8, 4) is 0 Å². The van der Waals surface area contributed by atoms with E-state index in [0.717, 1.165) is 5.56 Å². The fourth-order valence-electron chi connectivity index (χ4n) is 1.88. The van der Waals surface area contributed by atoms with Crippen LogP contribution in [0.25, 0.3) is 6.08 Å². The number of aryl methyl sites for hydroxylation is 1. The summed E-state index contributed by atoms with van der Waals surface area (Å²) in [6.07, 6.45) is 4.34. The normalized spacial score (nSPS) is 10.7. The number of anilines is 1. The fourth-order valence-corrected chi connectivity index (χ4v) is 2.08. The number of amides is 1. The van der Waals surface area contributed by atoms with Gasteiger partial charge in [0.25, 0.3) is 0 Å². The van der Waals surface area contributed by atoms with Crippen LogP contribution in [-0.4, -0.2) is 28.3 Å². The zero-order valence-corrected chi connectivity index (χ0v) is 13.5. The predicted molar refractivity (Wildman–Crippen MR) is 88.3 cm³/mol. The molecule has 0 radical (unpaired) electrons. The van der Waals surface area contributed by atoms with Gasteiger partial charge in [-0.15, -0.1) is 0 Å². The summed E-state index contributed by atoms with van der Waals surface area (Å²) in [7, 11) is 1.62. The number of hydrogen-bond acceptors (Lipinski definition) is 4. The number of rotatable bonds is 5. The molecular formula is C16H16ClN3O3. The van der Waals surface area contributed by atoms with Crippen LogP contribution in [0.3, 0.4) is 0 Å². The van der Waals surface area contributed by atoms with Crippen LogP contribution in [0.15, 0.2) is 36.5 Å². The number of hydrogen-bond donors (Lipinski definition) is 1. The van der Waals surface area contributed by atoms with Crippen LogP contribution < -0.4 is 5.32 Å². The number of carbonyl (C=O) groups excluding carboxylic acids is 2. The number of aromatic nitrogens is 2. The Hall–Kier alpha value is -2.60. The third-order valence-corrected chi connectivity index (χ3v) is 3.19. The summed E-state index contributed by atoms with van der Waals surface area (Å²) in [5.41, 5.74) is 1.00. The predicted octanol–water partition coefficient (Wildman–Crippen LogP) is 2.90. The van der Waals surface area contributed by atoms with Crippen molar-refractivity contribution in [2.45, 2.75) is 6.92 Å². The van der Waals surface area contributed by atoms with Crippen molar-refractivity contribution in [2.75, 3.05) is 11.9 Å². The molecule has 1 aromatic carbocycles. The Kier molecular flexibility index (Phi) is 5.54. The summed E-state index contributed by atoms with van der Waals surface area (Å²) < 4.78 is 6.33. The Morgan fingerprint density at radius 3 is 2.91 bits per heavy atom. The second-order valence-corrected chi connectivity index (χ2v) is 5.06. The van der Waals surface area contributed by atoms with E-state index in [9.17, 15) is 9.59 Å². The van der Waals surface area contributed by atoms with Crippen LogP contribution in [-0.2, 0) is 16.6 Å². The average molecular weight is 334 g/mol. The maximum atomic E-state index is 12.0. The summed E-state index contributed by atoms with van der Waals surface area (Å²) in [5.74, 6) is -0.641. The van der Waals surface area contributed by atoms with E-state index in [1.807, 2.05) is 6.07 Å². The molecule has 0 saturated carbocycles. The van der Waals surface area contributed by atoms with E-state index in [1.165, 1.54) is 17.0 Å². The van der Waals surface area contributed by atoms with Gasteiger partial charge in [0, 0.05) is 18.1 Å². The Balaban J connectivity index is 2.11. The zero-order chi connectivity index (χ0) is 16.8. The summed E-state index contributed by atoms with van der Waals surface area (Å²) in [5, 5.41) is 7.17. The SMILES string of the molecule is CCOC(=O)c1cnn(C)c1NC(=O)/C=C/c1cccc(Cl)c1. The first kappa shape index (κ1) is 16.8. The highest BCUT2D eigenvalue weighted by Crippen LogP contribution is 2.16. The van der Waals surface area contributed by atoms with Crippen LogP contribution >= 0.6 is 11.6 Å². The number of ether oxygens (including phenoxy) is 1. The Bertz CT molecular complexity index is 753. The summed E-state index contributed by atoms with van der Waals surface area (Å²) >= 11 is 5.88. The quantitative estimate of drug-likeness (QED) is 0.674. The van der Waals surface area contributed by atoms with Crippen molar-refractivity contribution in [1.82, 2.24) is 9.78 Å². The molecule has 2 aromatic rings. The van der Waals surface area contributed by atoms with Crippen LogP contribution in [0.1, 0.15) is 22.8 Å². The molecule has 23 heavy (non-hydrogen) atoms. The summed E-state index contributed by atoms with van der Waals surface area (Å²) in [6.45, 7) is 1.95. The highest BCUT2D eigenvalue weighted by molar-refractivity contribution is 6.30. The van der Waals surface area contributed by atoms with Crippen LogP contribution in [0.2, 0.25) is 5.02 Å². The van der Waals surface area contributed by atoms with Crippen molar-refractivity contribution < 1.29 is 14.3 Å².